The molecular formula is C11H21N3. The third-order valence-electron chi connectivity index (χ3n) is 2.34. The third kappa shape index (κ3) is 3.05. The van der Waals surface area contributed by atoms with Crippen LogP contribution in [-0.4, -0.2) is 15.6 Å². The van der Waals surface area contributed by atoms with Crippen molar-refractivity contribution in [1.29, 1.82) is 0 Å². The number of imidazole rings is 1. The van der Waals surface area contributed by atoms with Gasteiger partial charge in [-0.3, -0.25) is 0 Å². The molecule has 0 spiro atoms. The minimum absolute atomic E-state index is 0.438. The summed E-state index contributed by atoms with van der Waals surface area (Å²) in [6.07, 6.45) is 5.10. The second kappa shape index (κ2) is 5.03. The van der Waals surface area contributed by atoms with E-state index in [0.29, 0.717) is 12.0 Å². The van der Waals surface area contributed by atoms with Crippen molar-refractivity contribution in [3.63, 3.8) is 0 Å². The highest BCUT2D eigenvalue weighted by atomic mass is 15.2. The maximum absolute atomic E-state index is 4.30. The fourth-order valence-corrected chi connectivity index (χ4v) is 1.32. The summed E-state index contributed by atoms with van der Waals surface area (Å²) in [4.78, 5) is 4.30. The molecule has 0 amide bonds. The van der Waals surface area contributed by atoms with Crippen LogP contribution in [0, 0.1) is 5.92 Å². The van der Waals surface area contributed by atoms with Crippen LogP contribution < -0.4 is 5.32 Å². The van der Waals surface area contributed by atoms with Crippen molar-refractivity contribution in [3.8, 4) is 0 Å². The second-order valence-electron chi connectivity index (χ2n) is 4.22. The van der Waals surface area contributed by atoms with Gasteiger partial charge >= 0.3 is 0 Å². The summed E-state index contributed by atoms with van der Waals surface area (Å²) in [6, 6.07) is 0.438. The molecule has 0 saturated carbocycles. The number of nitrogens with zero attached hydrogens (tertiary/aromatic N) is 2. The first-order valence-corrected chi connectivity index (χ1v) is 5.41. The molecule has 1 atom stereocenters. The van der Waals surface area contributed by atoms with Gasteiger partial charge in [-0.2, -0.15) is 0 Å². The first kappa shape index (κ1) is 11.1. The fourth-order valence-electron chi connectivity index (χ4n) is 1.32. The number of aromatic nitrogens is 2. The fraction of sp³-hybridized carbons (Fsp3) is 0.727. The number of anilines is 1. The van der Waals surface area contributed by atoms with Crippen molar-refractivity contribution in [2.75, 3.05) is 5.32 Å². The van der Waals surface area contributed by atoms with Gasteiger partial charge in [0.25, 0.3) is 0 Å². The molecule has 14 heavy (non-hydrogen) atoms. The van der Waals surface area contributed by atoms with Crippen LogP contribution in [0.2, 0.25) is 0 Å². The second-order valence-corrected chi connectivity index (χ2v) is 4.22. The van der Waals surface area contributed by atoms with Crippen LogP contribution in [-0.2, 0) is 6.54 Å². The molecule has 1 aromatic heterocycles. The highest BCUT2D eigenvalue weighted by Crippen LogP contribution is 2.11. The Labute approximate surface area is 86.5 Å². The lowest BCUT2D eigenvalue weighted by Crippen LogP contribution is -2.16. The van der Waals surface area contributed by atoms with Gasteiger partial charge in [-0.1, -0.05) is 20.3 Å². The number of hydrogen-bond acceptors (Lipinski definition) is 2. The van der Waals surface area contributed by atoms with E-state index in [4.69, 9.17) is 0 Å². The highest BCUT2D eigenvalue weighted by Gasteiger charge is 2.06. The largest absolute Gasteiger partial charge is 0.353 e. The summed E-state index contributed by atoms with van der Waals surface area (Å²) < 4.78 is 2.19. The summed E-state index contributed by atoms with van der Waals surface area (Å²) in [7, 11) is 0. The Hall–Kier alpha value is -0.990. The predicted molar refractivity (Wildman–Crippen MR) is 60.4 cm³/mol. The Bertz CT molecular complexity index is 265. The van der Waals surface area contributed by atoms with E-state index in [-0.39, 0.29) is 0 Å². The predicted octanol–water partition coefficient (Wildman–Crippen LogP) is 2.75. The SMILES string of the molecule is CCC(C)Cn1ccnc1NC(C)C. The van der Waals surface area contributed by atoms with E-state index < -0.39 is 0 Å². The Kier molecular flexibility index (Phi) is 3.98. The van der Waals surface area contributed by atoms with Crippen LogP contribution in [0.4, 0.5) is 5.95 Å². The monoisotopic (exact) mass is 195 g/mol. The zero-order valence-corrected chi connectivity index (χ0v) is 9.62. The number of rotatable bonds is 5. The lowest BCUT2D eigenvalue weighted by Gasteiger charge is -2.15. The van der Waals surface area contributed by atoms with Crippen LogP contribution in [0.25, 0.3) is 0 Å². The molecule has 1 heterocycles. The molecule has 0 fully saturated rings. The van der Waals surface area contributed by atoms with Crippen molar-refractivity contribution >= 4 is 5.95 Å². The molecule has 0 saturated heterocycles. The summed E-state index contributed by atoms with van der Waals surface area (Å²) in [6.45, 7) is 9.78. The Balaban J connectivity index is 2.62. The van der Waals surface area contributed by atoms with E-state index >= 15 is 0 Å². The Morgan fingerprint density at radius 3 is 2.71 bits per heavy atom. The van der Waals surface area contributed by atoms with Crippen molar-refractivity contribution in [3.05, 3.63) is 12.4 Å². The van der Waals surface area contributed by atoms with Gasteiger partial charge in [0.2, 0.25) is 5.95 Å². The molecule has 0 aromatic carbocycles. The Morgan fingerprint density at radius 1 is 1.43 bits per heavy atom. The minimum Gasteiger partial charge on any atom is -0.353 e. The Morgan fingerprint density at radius 2 is 2.14 bits per heavy atom. The van der Waals surface area contributed by atoms with Gasteiger partial charge in [0.05, 0.1) is 0 Å². The molecule has 0 aliphatic rings. The van der Waals surface area contributed by atoms with Gasteiger partial charge in [-0.25, -0.2) is 4.98 Å². The van der Waals surface area contributed by atoms with Crippen molar-refractivity contribution in [1.82, 2.24) is 9.55 Å². The standard InChI is InChI=1S/C11H21N3/c1-5-10(4)8-14-7-6-12-11(14)13-9(2)3/h6-7,9-10H,5,8H2,1-4H3,(H,12,13). The van der Waals surface area contributed by atoms with Crippen LogP contribution in [0.3, 0.4) is 0 Å². The third-order valence-corrected chi connectivity index (χ3v) is 2.34. The van der Waals surface area contributed by atoms with Gasteiger partial charge in [-0.15, -0.1) is 0 Å². The molecule has 1 unspecified atom stereocenters. The van der Waals surface area contributed by atoms with E-state index in [1.807, 2.05) is 12.4 Å². The van der Waals surface area contributed by atoms with E-state index in [1.54, 1.807) is 0 Å². The first-order chi connectivity index (χ1) is 6.63. The molecule has 0 aliphatic heterocycles. The average molecular weight is 195 g/mol. The van der Waals surface area contributed by atoms with E-state index in [0.717, 1.165) is 12.5 Å². The van der Waals surface area contributed by atoms with Gasteiger partial charge in [-0.05, 0) is 19.8 Å². The molecule has 1 aromatic rings. The molecule has 1 N–H and O–H groups in total. The van der Waals surface area contributed by atoms with Gasteiger partial charge in [0.1, 0.15) is 0 Å². The lowest BCUT2D eigenvalue weighted by atomic mass is 10.1. The van der Waals surface area contributed by atoms with E-state index in [9.17, 15) is 0 Å². The molecule has 0 radical (unpaired) electrons. The van der Waals surface area contributed by atoms with Crippen LogP contribution >= 0.6 is 0 Å². The normalized spacial score (nSPS) is 13.2. The highest BCUT2D eigenvalue weighted by molar-refractivity contribution is 5.26. The molecule has 0 aliphatic carbocycles. The lowest BCUT2D eigenvalue weighted by molar-refractivity contribution is 0.470. The summed E-state index contributed by atoms with van der Waals surface area (Å²) in [5.74, 6) is 1.69. The summed E-state index contributed by atoms with van der Waals surface area (Å²) in [5.41, 5.74) is 0. The smallest absolute Gasteiger partial charge is 0.202 e. The quantitative estimate of drug-likeness (QED) is 0.783. The van der Waals surface area contributed by atoms with Crippen molar-refractivity contribution in [2.24, 2.45) is 5.92 Å². The van der Waals surface area contributed by atoms with Gasteiger partial charge < -0.3 is 9.88 Å². The zero-order chi connectivity index (χ0) is 10.6. The van der Waals surface area contributed by atoms with Crippen molar-refractivity contribution in [2.45, 2.75) is 46.7 Å². The topological polar surface area (TPSA) is 29.9 Å². The van der Waals surface area contributed by atoms with Gasteiger partial charge in [0, 0.05) is 25.0 Å². The maximum Gasteiger partial charge on any atom is 0.202 e. The average Bonchev–Trinajstić information content (AvgIpc) is 2.52. The molecular weight excluding hydrogens is 174 g/mol. The molecule has 80 valence electrons. The summed E-state index contributed by atoms with van der Waals surface area (Å²) >= 11 is 0. The molecule has 1 rings (SSSR count). The molecule has 0 bridgehead atoms. The zero-order valence-electron chi connectivity index (χ0n) is 9.62. The van der Waals surface area contributed by atoms with Crippen LogP contribution in [0.5, 0.6) is 0 Å². The number of nitrogens with one attached hydrogen (secondary N) is 1. The van der Waals surface area contributed by atoms with Crippen LogP contribution in [0.1, 0.15) is 34.1 Å². The van der Waals surface area contributed by atoms with E-state index in [2.05, 4.69) is 42.6 Å². The van der Waals surface area contributed by atoms with Crippen LogP contribution in [0.15, 0.2) is 12.4 Å². The molecule has 3 heteroatoms. The first-order valence-electron chi connectivity index (χ1n) is 5.41. The van der Waals surface area contributed by atoms with E-state index in [1.165, 1.54) is 6.42 Å². The molecule has 3 nitrogen and oxygen atoms in total. The summed E-state index contributed by atoms with van der Waals surface area (Å²) in [5, 5.41) is 3.33. The van der Waals surface area contributed by atoms with Gasteiger partial charge in [0.15, 0.2) is 0 Å². The number of hydrogen-bond donors (Lipinski definition) is 1. The van der Waals surface area contributed by atoms with Crippen molar-refractivity contribution < 1.29 is 0 Å². The maximum atomic E-state index is 4.30. The minimum atomic E-state index is 0.438.